The molecule has 1 atom stereocenters. The summed E-state index contributed by atoms with van der Waals surface area (Å²) in [4.78, 5) is 14.9. The van der Waals surface area contributed by atoms with E-state index in [4.69, 9.17) is 4.74 Å². The summed E-state index contributed by atoms with van der Waals surface area (Å²) in [7, 11) is 0. The van der Waals surface area contributed by atoms with Crippen LogP contribution in [0.5, 0.6) is 0 Å². The Hall–Kier alpha value is -2.17. The van der Waals surface area contributed by atoms with Gasteiger partial charge in [0.15, 0.2) is 0 Å². The number of nitrogens with zero attached hydrogens (tertiary/aromatic N) is 4. The minimum absolute atomic E-state index is 0.0395. The fourth-order valence-corrected chi connectivity index (χ4v) is 3.25. The Morgan fingerprint density at radius 1 is 1.35 bits per heavy atom. The van der Waals surface area contributed by atoms with Crippen LogP contribution >= 0.6 is 0 Å². The number of anilines is 1. The number of ether oxygens (including phenoxy) is 1. The van der Waals surface area contributed by atoms with Gasteiger partial charge in [0.1, 0.15) is 6.07 Å². The van der Waals surface area contributed by atoms with E-state index in [1.54, 1.807) is 6.07 Å². The second-order valence-corrected chi connectivity index (χ2v) is 5.99. The summed E-state index contributed by atoms with van der Waals surface area (Å²) in [6.07, 6.45) is 2.65. The van der Waals surface area contributed by atoms with Crippen LogP contribution in [0.3, 0.4) is 0 Å². The topological polar surface area (TPSA) is 82.6 Å². The molecule has 7 heteroatoms. The first-order valence-corrected chi connectivity index (χ1v) is 7.95. The normalized spacial score (nSPS) is 22.0. The van der Waals surface area contributed by atoms with Crippen molar-refractivity contribution in [3.05, 3.63) is 33.9 Å². The van der Waals surface area contributed by atoms with E-state index in [1.807, 2.05) is 0 Å². The molecule has 0 N–H and O–H groups in total. The third-order valence-corrected chi connectivity index (χ3v) is 4.51. The van der Waals surface area contributed by atoms with Crippen molar-refractivity contribution in [1.82, 2.24) is 4.90 Å². The minimum atomic E-state index is -0.468. The Morgan fingerprint density at radius 2 is 2.13 bits per heavy atom. The summed E-state index contributed by atoms with van der Waals surface area (Å²) in [5.74, 6) is 0. The second-order valence-electron chi connectivity index (χ2n) is 5.99. The molecule has 2 aliphatic heterocycles. The highest BCUT2D eigenvalue weighted by molar-refractivity contribution is 5.63. The Morgan fingerprint density at radius 3 is 2.74 bits per heavy atom. The van der Waals surface area contributed by atoms with E-state index < -0.39 is 4.92 Å². The largest absolute Gasteiger partial charge is 0.377 e. The van der Waals surface area contributed by atoms with Gasteiger partial charge in [0.05, 0.1) is 22.3 Å². The Labute approximate surface area is 135 Å². The van der Waals surface area contributed by atoms with Crippen molar-refractivity contribution in [3.63, 3.8) is 0 Å². The molecule has 0 bridgehead atoms. The molecule has 2 saturated heterocycles. The number of benzene rings is 1. The monoisotopic (exact) mass is 316 g/mol. The van der Waals surface area contributed by atoms with Crippen LogP contribution in [0.4, 0.5) is 11.4 Å². The van der Waals surface area contributed by atoms with Crippen LogP contribution < -0.4 is 4.90 Å². The molecule has 2 fully saturated rings. The third-order valence-electron chi connectivity index (χ3n) is 4.51. The van der Waals surface area contributed by atoms with Gasteiger partial charge >= 0.3 is 0 Å². The molecule has 0 radical (unpaired) electrons. The first kappa shape index (κ1) is 15.7. The summed E-state index contributed by atoms with van der Waals surface area (Å²) in [6.45, 7) is 5.32. The third kappa shape index (κ3) is 3.60. The molecule has 0 aliphatic carbocycles. The number of hydrogen-bond acceptors (Lipinski definition) is 6. The van der Waals surface area contributed by atoms with Crippen molar-refractivity contribution >= 4 is 11.4 Å². The first-order valence-electron chi connectivity index (χ1n) is 7.95. The number of hydrogen-bond donors (Lipinski definition) is 0. The van der Waals surface area contributed by atoms with E-state index in [0.717, 1.165) is 57.9 Å². The standard InChI is InChI=1S/C16H20N4O3/c17-11-13-10-14(20(21)22)3-4-16(13)19-7-5-18(6-8-19)12-15-2-1-9-23-15/h3-4,10,15H,1-2,5-9,12H2/t15-/m1/s1. The molecule has 0 aromatic heterocycles. The van der Waals surface area contributed by atoms with Crippen LogP contribution in [-0.4, -0.2) is 55.3 Å². The van der Waals surface area contributed by atoms with Crippen LogP contribution in [0.25, 0.3) is 0 Å². The lowest BCUT2D eigenvalue weighted by atomic mass is 10.1. The van der Waals surface area contributed by atoms with Crippen LogP contribution in [0, 0.1) is 21.4 Å². The predicted molar refractivity (Wildman–Crippen MR) is 85.4 cm³/mol. The van der Waals surface area contributed by atoms with Crippen molar-refractivity contribution < 1.29 is 9.66 Å². The van der Waals surface area contributed by atoms with E-state index in [0.29, 0.717) is 11.7 Å². The quantitative estimate of drug-likeness (QED) is 0.622. The van der Waals surface area contributed by atoms with Gasteiger partial charge in [-0.1, -0.05) is 0 Å². The van der Waals surface area contributed by atoms with E-state index in [1.165, 1.54) is 12.1 Å². The summed E-state index contributed by atoms with van der Waals surface area (Å²) in [5, 5.41) is 20.1. The number of piperazine rings is 1. The van der Waals surface area contributed by atoms with Crippen molar-refractivity contribution in [2.75, 3.05) is 44.2 Å². The predicted octanol–water partition coefficient (Wildman–Crippen LogP) is 1.77. The van der Waals surface area contributed by atoms with Gasteiger partial charge < -0.3 is 9.64 Å². The number of nitriles is 1. The minimum Gasteiger partial charge on any atom is -0.377 e. The van der Waals surface area contributed by atoms with E-state index >= 15 is 0 Å². The maximum Gasteiger partial charge on any atom is 0.270 e. The SMILES string of the molecule is N#Cc1cc([N+](=O)[O-])ccc1N1CCN(C[C@H]2CCCO2)CC1. The zero-order chi connectivity index (χ0) is 16.2. The van der Waals surface area contributed by atoms with Crippen LogP contribution in [0.1, 0.15) is 18.4 Å². The van der Waals surface area contributed by atoms with E-state index in [9.17, 15) is 15.4 Å². The number of rotatable bonds is 4. The number of non-ortho nitro benzene ring substituents is 1. The average Bonchev–Trinajstić information content (AvgIpc) is 3.08. The van der Waals surface area contributed by atoms with Gasteiger partial charge in [-0.05, 0) is 18.9 Å². The molecule has 122 valence electrons. The summed E-state index contributed by atoms with van der Waals surface area (Å²) >= 11 is 0. The van der Waals surface area contributed by atoms with E-state index in [-0.39, 0.29) is 5.69 Å². The zero-order valence-corrected chi connectivity index (χ0v) is 13.0. The first-order chi connectivity index (χ1) is 11.2. The smallest absolute Gasteiger partial charge is 0.270 e. The molecule has 2 aliphatic rings. The van der Waals surface area contributed by atoms with Crippen LogP contribution in [-0.2, 0) is 4.74 Å². The molecule has 0 unspecified atom stereocenters. The van der Waals surface area contributed by atoms with Crippen LogP contribution in [0.2, 0.25) is 0 Å². The molecule has 3 rings (SSSR count). The molecule has 1 aromatic rings. The molecule has 0 amide bonds. The highest BCUT2D eigenvalue weighted by Crippen LogP contribution is 2.26. The summed E-state index contributed by atoms with van der Waals surface area (Å²) < 4.78 is 5.68. The van der Waals surface area contributed by atoms with E-state index in [2.05, 4.69) is 15.9 Å². The molecular formula is C16H20N4O3. The molecule has 0 spiro atoms. The van der Waals surface area contributed by atoms with Gasteiger partial charge in [0.25, 0.3) is 5.69 Å². The zero-order valence-electron chi connectivity index (χ0n) is 13.0. The van der Waals surface area contributed by atoms with Gasteiger partial charge in [-0.3, -0.25) is 15.0 Å². The van der Waals surface area contributed by atoms with Crippen LogP contribution in [0.15, 0.2) is 18.2 Å². The van der Waals surface area contributed by atoms with Gasteiger partial charge in [0, 0.05) is 51.5 Å². The maximum absolute atomic E-state index is 10.8. The van der Waals surface area contributed by atoms with Gasteiger partial charge in [-0.2, -0.15) is 5.26 Å². The fraction of sp³-hybridized carbons (Fsp3) is 0.562. The van der Waals surface area contributed by atoms with Gasteiger partial charge in [-0.25, -0.2) is 0 Å². The number of nitro benzene ring substituents is 1. The van der Waals surface area contributed by atoms with Crippen molar-refractivity contribution in [2.24, 2.45) is 0 Å². The maximum atomic E-state index is 10.8. The molecule has 2 heterocycles. The Bertz CT molecular complexity index is 614. The average molecular weight is 316 g/mol. The number of nitro groups is 1. The highest BCUT2D eigenvalue weighted by atomic mass is 16.6. The molecule has 0 saturated carbocycles. The molecular weight excluding hydrogens is 296 g/mol. The van der Waals surface area contributed by atoms with Crippen molar-refractivity contribution in [2.45, 2.75) is 18.9 Å². The Balaban J connectivity index is 1.63. The second kappa shape index (κ2) is 6.94. The molecule has 23 heavy (non-hydrogen) atoms. The summed E-state index contributed by atoms with van der Waals surface area (Å²) in [6, 6.07) is 6.59. The lowest BCUT2D eigenvalue weighted by Gasteiger charge is -2.37. The lowest BCUT2D eigenvalue weighted by Crippen LogP contribution is -2.48. The van der Waals surface area contributed by atoms with Gasteiger partial charge in [0.2, 0.25) is 0 Å². The molecule has 7 nitrogen and oxygen atoms in total. The van der Waals surface area contributed by atoms with Gasteiger partial charge in [-0.15, -0.1) is 0 Å². The molecule has 1 aromatic carbocycles. The van der Waals surface area contributed by atoms with Crippen molar-refractivity contribution in [3.8, 4) is 6.07 Å². The summed E-state index contributed by atoms with van der Waals surface area (Å²) in [5.41, 5.74) is 1.11. The Kier molecular flexibility index (Phi) is 4.74. The lowest BCUT2D eigenvalue weighted by molar-refractivity contribution is -0.384. The fourth-order valence-electron chi connectivity index (χ4n) is 3.25. The van der Waals surface area contributed by atoms with Crippen molar-refractivity contribution in [1.29, 1.82) is 5.26 Å². The highest BCUT2D eigenvalue weighted by Gasteiger charge is 2.24.